The Balaban J connectivity index is 2.27. The van der Waals surface area contributed by atoms with Gasteiger partial charge in [-0.3, -0.25) is 9.59 Å². The van der Waals surface area contributed by atoms with E-state index in [1.807, 2.05) is 0 Å². The molecule has 138 valence electrons. The zero-order chi connectivity index (χ0) is 18.6. The molecule has 1 aromatic carbocycles. The monoisotopic (exact) mass is 369 g/mol. The van der Waals surface area contributed by atoms with Crippen LogP contribution < -0.4 is 15.8 Å². The molecule has 0 bridgehead atoms. The molecule has 0 radical (unpaired) electrons. The Labute approximate surface area is 147 Å². The van der Waals surface area contributed by atoms with E-state index in [1.165, 1.54) is 29.4 Å². The summed E-state index contributed by atoms with van der Waals surface area (Å²) in [7, 11) is -3.73. The Morgan fingerprint density at radius 1 is 1.32 bits per heavy atom. The maximum Gasteiger partial charge on any atom is 0.243 e. The summed E-state index contributed by atoms with van der Waals surface area (Å²) in [5, 5.41) is 2.59. The first-order valence-electron chi connectivity index (χ1n) is 8.09. The number of amides is 2. The number of anilines is 1. The quantitative estimate of drug-likeness (QED) is 0.773. The molecular formula is C16H23N3O5S. The smallest absolute Gasteiger partial charge is 0.243 e. The van der Waals surface area contributed by atoms with E-state index in [0.717, 1.165) is 0 Å². The van der Waals surface area contributed by atoms with Gasteiger partial charge in [0, 0.05) is 25.9 Å². The predicted octanol–water partition coefficient (Wildman–Crippen LogP) is 0.930. The van der Waals surface area contributed by atoms with Crippen LogP contribution in [0.1, 0.15) is 26.7 Å². The first kappa shape index (κ1) is 19.2. The zero-order valence-electron chi connectivity index (χ0n) is 14.3. The van der Waals surface area contributed by atoms with Crippen LogP contribution in [0.3, 0.4) is 0 Å². The molecule has 0 aliphatic carbocycles. The number of nitrogens with one attached hydrogen (secondary N) is 1. The molecule has 0 spiro atoms. The Morgan fingerprint density at radius 3 is 2.48 bits per heavy atom. The van der Waals surface area contributed by atoms with E-state index in [1.54, 1.807) is 6.92 Å². The lowest BCUT2D eigenvalue weighted by molar-refractivity contribution is -0.122. The minimum absolute atomic E-state index is 0.0669. The fourth-order valence-corrected chi connectivity index (χ4v) is 4.26. The average molecular weight is 369 g/mol. The number of benzene rings is 1. The highest BCUT2D eigenvalue weighted by molar-refractivity contribution is 7.89. The van der Waals surface area contributed by atoms with Gasteiger partial charge < -0.3 is 15.8 Å². The Hall–Kier alpha value is -2.13. The van der Waals surface area contributed by atoms with E-state index in [0.29, 0.717) is 30.9 Å². The zero-order valence-corrected chi connectivity index (χ0v) is 15.1. The molecule has 0 aromatic heterocycles. The summed E-state index contributed by atoms with van der Waals surface area (Å²) in [6.07, 6.45) is 0.814. The molecule has 8 nitrogen and oxygen atoms in total. The molecule has 0 atom stereocenters. The fraction of sp³-hybridized carbons (Fsp3) is 0.500. The SMILES string of the molecule is CCOc1ccc(S(=O)(=O)N2CCC(C(N)=O)CC2)cc1NC(C)=O. The number of carbonyl (C=O) groups excluding carboxylic acids is 2. The second-order valence-corrected chi connectivity index (χ2v) is 7.79. The molecule has 0 saturated carbocycles. The van der Waals surface area contributed by atoms with E-state index in [-0.39, 0.29) is 29.8 Å². The number of primary amides is 1. The van der Waals surface area contributed by atoms with E-state index < -0.39 is 15.9 Å². The molecule has 9 heteroatoms. The van der Waals surface area contributed by atoms with Crippen molar-refractivity contribution in [3.05, 3.63) is 18.2 Å². The lowest BCUT2D eigenvalue weighted by Gasteiger charge is -2.29. The van der Waals surface area contributed by atoms with Crippen molar-refractivity contribution in [1.82, 2.24) is 4.31 Å². The van der Waals surface area contributed by atoms with Gasteiger partial charge in [-0.25, -0.2) is 8.42 Å². The molecule has 1 aliphatic rings. The number of carbonyl (C=O) groups is 2. The average Bonchev–Trinajstić information content (AvgIpc) is 2.56. The number of hydrogen-bond acceptors (Lipinski definition) is 5. The van der Waals surface area contributed by atoms with Crippen molar-refractivity contribution in [3.63, 3.8) is 0 Å². The van der Waals surface area contributed by atoms with E-state index >= 15 is 0 Å². The standard InChI is InChI=1S/C16H23N3O5S/c1-3-24-15-5-4-13(10-14(15)18-11(2)20)25(22,23)19-8-6-12(7-9-19)16(17)21/h4-5,10,12H,3,6-9H2,1-2H3,(H2,17,21)(H,18,20). The number of piperidine rings is 1. The molecule has 1 saturated heterocycles. The minimum atomic E-state index is -3.73. The molecule has 3 N–H and O–H groups in total. The first-order valence-corrected chi connectivity index (χ1v) is 9.53. The summed E-state index contributed by atoms with van der Waals surface area (Å²) in [4.78, 5) is 22.7. The van der Waals surface area contributed by atoms with Gasteiger partial charge in [0.15, 0.2) is 0 Å². The van der Waals surface area contributed by atoms with Crippen LogP contribution in [0.5, 0.6) is 5.75 Å². The van der Waals surface area contributed by atoms with Crippen LogP contribution in [-0.4, -0.2) is 44.2 Å². The number of sulfonamides is 1. The summed E-state index contributed by atoms with van der Waals surface area (Å²) < 4.78 is 32.4. The van der Waals surface area contributed by atoms with Crippen LogP contribution in [-0.2, 0) is 19.6 Å². The van der Waals surface area contributed by atoms with Crippen molar-refractivity contribution >= 4 is 27.5 Å². The minimum Gasteiger partial charge on any atom is -0.492 e. The molecule has 1 aliphatic heterocycles. The number of hydrogen-bond donors (Lipinski definition) is 2. The van der Waals surface area contributed by atoms with Gasteiger partial charge in [-0.2, -0.15) is 4.31 Å². The van der Waals surface area contributed by atoms with Gasteiger partial charge in [0.1, 0.15) is 5.75 Å². The fourth-order valence-electron chi connectivity index (χ4n) is 2.77. The highest BCUT2D eigenvalue weighted by Crippen LogP contribution is 2.30. The van der Waals surface area contributed by atoms with Crippen LogP contribution in [0.4, 0.5) is 5.69 Å². The van der Waals surface area contributed by atoms with Crippen LogP contribution in [0.15, 0.2) is 23.1 Å². The highest BCUT2D eigenvalue weighted by atomic mass is 32.2. The largest absolute Gasteiger partial charge is 0.492 e. The summed E-state index contributed by atoms with van der Waals surface area (Å²) in [6.45, 7) is 3.99. The van der Waals surface area contributed by atoms with Crippen molar-refractivity contribution in [2.24, 2.45) is 11.7 Å². The van der Waals surface area contributed by atoms with Gasteiger partial charge in [-0.1, -0.05) is 0 Å². The summed E-state index contributed by atoms with van der Waals surface area (Å²) in [5.74, 6) is -0.602. The van der Waals surface area contributed by atoms with Crippen molar-refractivity contribution in [2.75, 3.05) is 25.0 Å². The second-order valence-electron chi connectivity index (χ2n) is 5.85. The predicted molar refractivity (Wildman–Crippen MR) is 92.6 cm³/mol. The third-order valence-corrected chi connectivity index (χ3v) is 5.95. The van der Waals surface area contributed by atoms with Crippen LogP contribution >= 0.6 is 0 Å². The van der Waals surface area contributed by atoms with Crippen LogP contribution in [0.25, 0.3) is 0 Å². The molecule has 2 rings (SSSR count). The highest BCUT2D eigenvalue weighted by Gasteiger charge is 2.31. The maximum atomic E-state index is 12.8. The van der Waals surface area contributed by atoms with Gasteiger partial charge in [0.2, 0.25) is 21.8 Å². The lowest BCUT2D eigenvalue weighted by Crippen LogP contribution is -2.41. The normalized spacial score (nSPS) is 16.4. The number of rotatable bonds is 6. The van der Waals surface area contributed by atoms with Gasteiger partial charge in [0.05, 0.1) is 17.2 Å². The van der Waals surface area contributed by atoms with Gasteiger partial charge in [-0.05, 0) is 38.0 Å². The van der Waals surface area contributed by atoms with Crippen molar-refractivity contribution < 1.29 is 22.7 Å². The number of ether oxygens (including phenoxy) is 1. The summed E-state index contributed by atoms with van der Waals surface area (Å²) >= 11 is 0. The van der Waals surface area contributed by atoms with E-state index in [2.05, 4.69) is 5.32 Å². The first-order chi connectivity index (χ1) is 11.8. The van der Waals surface area contributed by atoms with Gasteiger partial charge in [-0.15, -0.1) is 0 Å². The van der Waals surface area contributed by atoms with Crippen molar-refractivity contribution in [3.8, 4) is 5.75 Å². The van der Waals surface area contributed by atoms with Crippen molar-refractivity contribution in [2.45, 2.75) is 31.6 Å². The lowest BCUT2D eigenvalue weighted by atomic mass is 9.98. The van der Waals surface area contributed by atoms with Gasteiger partial charge in [0.25, 0.3) is 0 Å². The van der Waals surface area contributed by atoms with Crippen molar-refractivity contribution in [1.29, 1.82) is 0 Å². The van der Waals surface area contributed by atoms with E-state index in [4.69, 9.17) is 10.5 Å². The van der Waals surface area contributed by atoms with E-state index in [9.17, 15) is 18.0 Å². The summed E-state index contributed by atoms with van der Waals surface area (Å²) in [6, 6.07) is 4.37. The molecular weight excluding hydrogens is 346 g/mol. The third kappa shape index (κ3) is 4.49. The van der Waals surface area contributed by atoms with Gasteiger partial charge >= 0.3 is 0 Å². The Kier molecular flexibility index (Phi) is 6.02. The molecule has 25 heavy (non-hydrogen) atoms. The molecule has 0 unspecified atom stereocenters. The Bertz CT molecular complexity index is 755. The molecule has 1 heterocycles. The maximum absolute atomic E-state index is 12.8. The Morgan fingerprint density at radius 2 is 1.96 bits per heavy atom. The molecule has 1 aromatic rings. The topological polar surface area (TPSA) is 119 Å². The second kappa shape index (κ2) is 7.83. The van der Waals surface area contributed by atoms with Crippen LogP contribution in [0.2, 0.25) is 0 Å². The molecule has 1 fully saturated rings. The van der Waals surface area contributed by atoms with Crippen LogP contribution in [0, 0.1) is 5.92 Å². The molecule has 2 amide bonds. The number of nitrogens with zero attached hydrogens (tertiary/aromatic N) is 1. The third-order valence-electron chi connectivity index (χ3n) is 4.06. The number of nitrogens with two attached hydrogens (primary N) is 1. The summed E-state index contributed by atoms with van der Waals surface area (Å²) in [5.41, 5.74) is 5.59.